The Morgan fingerprint density at radius 3 is 2.56 bits per heavy atom. The summed E-state index contributed by atoms with van der Waals surface area (Å²) in [4.78, 5) is 26.1. The summed E-state index contributed by atoms with van der Waals surface area (Å²) in [5.41, 5.74) is 0.912. The second-order valence-corrected chi connectivity index (χ2v) is 9.13. The average molecular weight is 361 g/mol. The van der Waals surface area contributed by atoms with Crippen molar-refractivity contribution in [2.24, 2.45) is 0 Å². The number of hydrogen-bond donors (Lipinski definition) is 0. The number of carbonyl (C=O) groups excluding carboxylic acids is 2. The van der Waals surface area contributed by atoms with Crippen molar-refractivity contribution in [1.29, 1.82) is 0 Å². The summed E-state index contributed by atoms with van der Waals surface area (Å²) in [6.45, 7) is 6.33. The molecule has 7 heteroatoms. The van der Waals surface area contributed by atoms with E-state index in [1.54, 1.807) is 30.3 Å². The zero-order chi connectivity index (χ0) is 18.4. The molecule has 0 unspecified atom stereocenters. The van der Waals surface area contributed by atoms with Gasteiger partial charge in [0, 0.05) is 0 Å². The molecule has 3 rings (SSSR count). The molecule has 25 heavy (non-hydrogen) atoms. The lowest BCUT2D eigenvalue weighted by molar-refractivity contribution is -0.156. The third-order valence-corrected chi connectivity index (χ3v) is 7.41. The average Bonchev–Trinajstić information content (AvgIpc) is 2.72. The minimum absolute atomic E-state index is 0.0368. The predicted octanol–water partition coefficient (Wildman–Crippen LogP) is 1.54. The first-order valence-electron chi connectivity index (χ1n) is 7.83. The molecule has 2 heterocycles. The van der Waals surface area contributed by atoms with Gasteiger partial charge in [-0.25, -0.2) is 13.2 Å². The fourth-order valence-electron chi connectivity index (χ4n) is 3.27. The van der Waals surface area contributed by atoms with E-state index in [0.29, 0.717) is 0 Å². The van der Waals surface area contributed by atoms with Gasteiger partial charge >= 0.3 is 5.97 Å². The van der Waals surface area contributed by atoms with Gasteiger partial charge in [0.15, 0.2) is 21.3 Å². The summed E-state index contributed by atoms with van der Waals surface area (Å²) in [5.74, 6) is -1.19. The second-order valence-electron chi connectivity index (χ2n) is 6.54. The van der Waals surface area contributed by atoms with Crippen molar-refractivity contribution in [1.82, 2.24) is 4.90 Å². The first kappa shape index (κ1) is 17.4. The molecule has 0 spiro atoms. The maximum absolute atomic E-state index is 12.9. The maximum atomic E-state index is 12.9. The quantitative estimate of drug-likeness (QED) is 0.352. The Kier molecular flexibility index (Phi) is 4.07. The van der Waals surface area contributed by atoms with Gasteiger partial charge in [-0.3, -0.25) is 4.79 Å². The first-order chi connectivity index (χ1) is 11.7. The van der Waals surface area contributed by atoms with Gasteiger partial charge in [-0.1, -0.05) is 43.0 Å². The van der Waals surface area contributed by atoms with Crippen LogP contribution in [0.15, 0.2) is 48.6 Å². The zero-order valence-corrected chi connectivity index (χ0v) is 14.8. The largest absolute Gasteiger partial charge is 0.460 e. The number of esters is 1. The van der Waals surface area contributed by atoms with Crippen molar-refractivity contribution < 1.29 is 22.7 Å². The molecule has 2 aliphatic heterocycles. The Balaban J connectivity index is 2.02. The van der Waals surface area contributed by atoms with Crippen molar-refractivity contribution in [3.05, 3.63) is 54.1 Å². The van der Waals surface area contributed by atoms with E-state index < -0.39 is 37.9 Å². The Labute approximate surface area is 146 Å². The van der Waals surface area contributed by atoms with Crippen molar-refractivity contribution in [3.8, 4) is 0 Å². The third-order valence-electron chi connectivity index (χ3n) is 4.65. The molecule has 2 fully saturated rings. The van der Waals surface area contributed by atoms with Crippen LogP contribution in [0.3, 0.4) is 0 Å². The molecular formula is C18H19NO5S. The van der Waals surface area contributed by atoms with Gasteiger partial charge in [-0.05, 0) is 25.5 Å². The van der Waals surface area contributed by atoms with Gasteiger partial charge in [0.1, 0.15) is 11.4 Å². The highest BCUT2D eigenvalue weighted by Crippen LogP contribution is 2.49. The highest BCUT2D eigenvalue weighted by atomic mass is 32.2. The molecule has 132 valence electrons. The smallest absolute Gasteiger partial charge is 0.330 e. The Bertz CT molecular complexity index is 870. The number of carbonyl (C=O) groups is 2. The standard InChI is InChI=1S/C18H19NO5S/c1-4-10-24-17(21)14-18(2,3)25(22,23)16-13(15(20)19(14)16)11-12-8-6-5-7-9-12/h4-9,11,14,16H,1,10H2,2-3H3/b13-11+/t14-,16+/m0/s1. The van der Waals surface area contributed by atoms with E-state index in [4.69, 9.17) is 4.74 Å². The van der Waals surface area contributed by atoms with Crippen LogP contribution in [0.5, 0.6) is 0 Å². The minimum atomic E-state index is -3.78. The molecular weight excluding hydrogens is 342 g/mol. The number of sulfone groups is 1. The SMILES string of the molecule is C=CCOC(=O)[C@@H]1N2C(=O)/C(=C\c3ccccc3)[C@H]2S(=O)(=O)C1(C)C. The van der Waals surface area contributed by atoms with Crippen LogP contribution >= 0.6 is 0 Å². The number of β-lactam (4-membered cyclic amide) rings is 1. The monoisotopic (exact) mass is 361 g/mol. The van der Waals surface area contributed by atoms with Crippen LogP contribution < -0.4 is 0 Å². The summed E-state index contributed by atoms with van der Waals surface area (Å²) in [6, 6.07) is 7.84. The molecule has 0 aliphatic carbocycles. The van der Waals surface area contributed by atoms with E-state index in [1.807, 2.05) is 6.07 Å². The number of benzene rings is 1. The van der Waals surface area contributed by atoms with Crippen LogP contribution in [-0.4, -0.2) is 48.0 Å². The van der Waals surface area contributed by atoms with E-state index in [0.717, 1.165) is 10.5 Å². The number of nitrogens with zero attached hydrogens (tertiary/aromatic N) is 1. The molecule has 0 N–H and O–H groups in total. The summed E-state index contributed by atoms with van der Waals surface area (Å²) >= 11 is 0. The van der Waals surface area contributed by atoms with Crippen LogP contribution in [0.25, 0.3) is 6.08 Å². The number of amides is 1. The summed E-state index contributed by atoms with van der Waals surface area (Å²) in [5, 5.41) is -1.11. The van der Waals surface area contributed by atoms with Crippen molar-refractivity contribution in [2.75, 3.05) is 6.61 Å². The molecule has 1 aromatic rings. The van der Waals surface area contributed by atoms with Crippen molar-refractivity contribution >= 4 is 27.8 Å². The van der Waals surface area contributed by atoms with Crippen molar-refractivity contribution in [2.45, 2.75) is 30.0 Å². The summed E-state index contributed by atoms with van der Waals surface area (Å²) in [7, 11) is -3.78. The molecule has 1 amide bonds. The fourth-order valence-corrected chi connectivity index (χ4v) is 5.39. The lowest BCUT2D eigenvalue weighted by atomic mass is 9.94. The van der Waals surface area contributed by atoms with Gasteiger partial charge in [-0.15, -0.1) is 0 Å². The van der Waals surface area contributed by atoms with Gasteiger partial charge in [0.2, 0.25) is 0 Å². The van der Waals surface area contributed by atoms with E-state index in [-0.39, 0.29) is 12.2 Å². The highest BCUT2D eigenvalue weighted by Gasteiger charge is 2.70. The highest BCUT2D eigenvalue weighted by molar-refractivity contribution is 7.94. The third kappa shape index (κ3) is 2.41. The molecule has 2 atom stereocenters. The van der Waals surface area contributed by atoms with Crippen LogP contribution in [0.2, 0.25) is 0 Å². The first-order valence-corrected chi connectivity index (χ1v) is 9.38. The minimum Gasteiger partial charge on any atom is -0.460 e. The second kappa shape index (κ2) is 5.84. The lowest BCUT2D eigenvalue weighted by Crippen LogP contribution is -2.59. The topological polar surface area (TPSA) is 80.8 Å². The lowest BCUT2D eigenvalue weighted by Gasteiger charge is -2.38. The number of fused-ring (bicyclic) bond motifs is 1. The van der Waals surface area contributed by atoms with E-state index in [1.165, 1.54) is 19.9 Å². The molecule has 2 aliphatic rings. The van der Waals surface area contributed by atoms with Gasteiger partial charge < -0.3 is 9.64 Å². The number of rotatable bonds is 4. The van der Waals surface area contributed by atoms with Gasteiger partial charge in [0.05, 0.1) is 5.57 Å². The molecule has 0 radical (unpaired) electrons. The Morgan fingerprint density at radius 2 is 1.96 bits per heavy atom. The molecule has 0 saturated carbocycles. The predicted molar refractivity (Wildman–Crippen MR) is 93.0 cm³/mol. The van der Waals surface area contributed by atoms with Crippen LogP contribution in [-0.2, 0) is 24.2 Å². The van der Waals surface area contributed by atoms with Crippen LogP contribution in [0.4, 0.5) is 0 Å². The van der Waals surface area contributed by atoms with Crippen molar-refractivity contribution in [3.63, 3.8) is 0 Å². The molecule has 0 bridgehead atoms. The van der Waals surface area contributed by atoms with E-state index in [9.17, 15) is 18.0 Å². The van der Waals surface area contributed by atoms with Gasteiger partial charge in [0.25, 0.3) is 5.91 Å². The molecule has 1 aromatic carbocycles. The molecule has 6 nitrogen and oxygen atoms in total. The Hall–Kier alpha value is -2.41. The Morgan fingerprint density at radius 1 is 1.32 bits per heavy atom. The summed E-state index contributed by atoms with van der Waals surface area (Å²) < 4.78 is 29.5. The zero-order valence-electron chi connectivity index (χ0n) is 14.0. The number of ether oxygens (including phenoxy) is 1. The van der Waals surface area contributed by atoms with E-state index in [2.05, 4.69) is 6.58 Å². The van der Waals surface area contributed by atoms with E-state index >= 15 is 0 Å². The summed E-state index contributed by atoms with van der Waals surface area (Å²) in [6.07, 6.45) is 2.96. The van der Waals surface area contributed by atoms with Gasteiger partial charge in [-0.2, -0.15) is 0 Å². The molecule has 0 aromatic heterocycles. The fraction of sp³-hybridized carbons (Fsp3) is 0.333. The number of hydrogen-bond acceptors (Lipinski definition) is 5. The van der Waals surface area contributed by atoms with Crippen LogP contribution in [0, 0.1) is 0 Å². The molecule has 2 saturated heterocycles. The maximum Gasteiger partial charge on any atom is 0.330 e. The normalized spacial score (nSPS) is 27.5. The van der Waals surface area contributed by atoms with Crippen LogP contribution in [0.1, 0.15) is 19.4 Å².